The topological polar surface area (TPSA) is 105 Å². The molecular formula is C12H18N4O3S. The summed E-state index contributed by atoms with van der Waals surface area (Å²) < 4.78 is 22.9. The third kappa shape index (κ3) is 3.69. The van der Waals surface area contributed by atoms with E-state index in [2.05, 4.69) is 10.6 Å². The second-order valence-electron chi connectivity index (χ2n) is 4.53. The predicted molar refractivity (Wildman–Crippen MR) is 75.8 cm³/mol. The molecule has 1 saturated heterocycles. The van der Waals surface area contributed by atoms with Gasteiger partial charge in [0.2, 0.25) is 15.9 Å². The van der Waals surface area contributed by atoms with Crippen molar-refractivity contribution >= 4 is 21.6 Å². The van der Waals surface area contributed by atoms with Gasteiger partial charge in [0.05, 0.1) is 12.2 Å². The van der Waals surface area contributed by atoms with Crippen molar-refractivity contribution in [2.45, 2.75) is 4.90 Å². The van der Waals surface area contributed by atoms with Gasteiger partial charge in [-0.1, -0.05) is 12.1 Å². The second-order valence-corrected chi connectivity index (χ2v) is 6.06. The van der Waals surface area contributed by atoms with Crippen molar-refractivity contribution in [2.24, 2.45) is 5.14 Å². The van der Waals surface area contributed by atoms with E-state index in [1.54, 1.807) is 23.1 Å². The first kappa shape index (κ1) is 14.8. The number of nitrogens with one attached hydrogen (secondary N) is 2. The number of sulfonamides is 1. The molecule has 20 heavy (non-hydrogen) atoms. The molecule has 0 spiro atoms. The molecule has 0 aliphatic carbocycles. The van der Waals surface area contributed by atoms with Crippen molar-refractivity contribution < 1.29 is 13.2 Å². The summed E-state index contributed by atoms with van der Waals surface area (Å²) in [4.78, 5) is 13.7. The molecule has 110 valence electrons. The number of anilines is 1. The Balaban J connectivity index is 2.02. The number of piperazine rings is 1. The SMILES string of the molecule is NS(=O)(=O)c1ccccc1NCC(=O)N1CCNCC1. The van der Waals surface area contributed by atoms with Gasteiger partial charge >= 0.3 is 0 Å². The van der Waals surface area contributed by atoms with Crippen LogP contribution in [0, 0.1) is 0 Å². The van der Waals surface area contributed by atoms with Crippen LogP contribution in [0.25, 0.3) is 0 Å². The van der Waals surface area contributed by atoms with Gasteiger partial charge < -0.3 is 15.5 Å². The molecule has 1 amide bonds. The van der Waals surface area contributed by atoms with Crippen LogP contribution in [0.1, 0.15) is 0 Å². The van der Waals surface area contributed by atoms with E-state index in [0.29, 0.717) is 18.8 Å². The minimum Gasteiger partial charge on any atom is -0.375 e. The smallest absolute Gasteiger partial charge is 0.241 e. The fraction of sp³-hybridized carbons (Fsp3) is 0.417. The molecule has 0 atom stereocenters. The van der Waals surface area contributed by atoms with Crippen LogP contribution in [0.3, 0.4) is 0 Å². The Morgan fingerprint density at radius 2 is 1.95 bits per heavy atom. The standard InChI is InChI=1S/C12H18N4O3S/c13-20(18,19)11-4-2-1-3-10(11)15-9-12(17)16-7-5-14-6-8-16/h1-4,14-15H,5-9H2,(H2,13,18,19). The van der Waals surface area contributed by atoms with Crippen LogP contribution in [0.4, 0.5) is 5.69 Å². The van der Waals surface area contributed by atoms with Crippen LogP contribution < -0.4 is 15.8 Å². The van der Waals surface area contributed by atoms with Crippen LogP contribution in [0.15, 0.2) is 29.2 Å². The first-order valence-corrected chi connectivity index (χ1v) is 7.87. The molecule has 1 aromatic carbocycles. The summed E-state index contributed by atoms with van der Waals surface area (Å²) in [7, 11) is -3.80. The van der Waals surface area contributed by atoms with E-state index in [1.807, 2.05) is 0 Å². The molecule has 4 N–H and O–H groups in total. The van der Waals surface area contributed by atoms with Crippen molar-refractivity contribution in [1.29, 1.82) is 0 Å². The van der Waals surface area contributed by atoms with Gasteiger partial charge in [-0.05, 0) is 12.1 Å². The molecule has 8 heteroatoms. The van der Waals surface area contributed by atoms with Crippen molar-refractivity contribution in [3.05, 3.63) is 24.3 Å². The zero-order valence-electron chi connectivity index (χ0n) is 11.0. The van der Waals surface area contributed by atoms with Crippen LogP contribution in [0.5, 0.6) is 0 Å². The molecule has 1 aliphatic rings. The van der Waals surface area contributed by atoms with E-state index in [9.17, 15) is 13.2 Å². The summed E-state index contributed by atoms with van der Waals surface area (Å²) >= 11 is 0. The van der Waals surface area contributed by atoms with Gasteiger partial charge in [0.15, 0.2) is 0 Å². The number of carbonyl (C=O) groups is 1. The number of rotatable bonds is 4. The highest BCUT2D eigenvalue weighted by atomic mass is 32.2. The number of hydrogen-bond donors (Lipinski definition) is 3. The highest BCUT2D eigenvalue weighted by Gasteiger charge is 2.17. The van der Waals surface area contributed by atoms with E-state index >= 15 is 0 Å². The lowest BCUT2D eigenvalue weighted by molar-refractivity contribution is -0.129. The first-order chi connectivity index (χ1) is 9.48. The minimum atomic E-state index is -3.80. The van der Waals surface area contributed by atoms with Crippen molar-refractivity contribution in [3.8, 4) is 0 Å². The maximum atomic E-state index is 12.0. The highest BCUT2D eigenvalue weighted by Crippen LogP contribution is 2.18. The van der Waals surface area contributed by atoms with Crippen molar-refractivity contribution in [1.82, 2.24) is 10.2 Å². The summed E-state index contributed by atoms with van der Waals surface area (Å²) in [6, 6.07) is 6.27. The van der Waals surface area contributed by atoms with Crippen molar-refractivity contribution in [3.63, 3.8) is 0 Å². The molecule has 7 nitrogen and oxygen atoms in total. The highest BCUT2D eigenvalue weighted by molar-refractivity contribution is 7.89. The van der Waals surface area contributed by atoms with E-state index in [-0.39, 0.29) is 17.3 Å². The predicted octanol–water partition coefficient (Wildman–Crippen LogP) is -0.822. The van der Waals surface area contributed by atoms with Crippen LogP contribution in [0.2, 0.25) is 0 Å². The molecule has 0 unspecified atom stereocenters. The maximum absolute atomic E-state index is 12.0. The monoisotopic (exact) mass is 298 g/mol. The van der Waals surface area contributed by atoms with E-state index in [1.165, 1.54) is 6.07 Å². The molecule has 0 saturated carbocycles. The number of hydrogen-bond acceptors (Lipinski definition) is 5. The number of carbonyl (C=O) groups excluding carboxylic acids is 1. The summed E-state index contributed by atoms with van der Waals surface area (Å²) in [5.74, 6) is -0.0595. The summed E-state index contributed by atoms with van der Waals surface area (Å²) in [6.45, 7) is 2.93. The number of para-hydroxylation sites is 1. The van der Waals surface area contributed by atoms with Gasteiger partial charge in [0.1, 0.15) is 4.90 Å². The van der Waals surface area contributed by atoms with E-state index in [0.717, 1.165) is 13.1 Å². The van der Waals surface area contributed by atoms with Gasteiger partial charge in [0.25, 0.3) is 0 Å². The molecule has 1 heterocycles. The molecule has 1 fully saturated rings. The largest absolute Gasteiger partial charge is 0.375 e. The molecule has 2 rings (SSSR count). The van der Waals surface area contributed by atoms with Gasteiger partial charge in [-0.3, -0.25) is 4.79 Å². The van der Waals surface area contributed by atoms with Crippen LogP contribution in [-0.4, -0.2) is 51.9 Å². The van der Waals surface area contributed by atoms with Crippen LogP contribution >= 0.6 is 0 Å². The first-order valence-electron chi connectivity index (χ1n) is 6.32. The Kier molecular flexibility index (Phi) is 4.58. The van der Waals surface area contributed by atoms with Gasteiger partial charge in [-0.2, -0.15) is 0 Å². The fourth-order valence-electron chi connectivity index (χ4n) is 2.06. The summed E-state index contributed by atoms with van der Waals surface area (Å²) in [6.07, 6.45) is 0. The third-order valence-electron chi connectivity index (χ3n) is 3.09. The zero-order chi connectivity index (χ0) is 14.6. The Morgan fingerprint density at radius 3 is 2.60 bits per heavy atom. The number of primary sulfonamides is 1. The van der Waals surface area contributed by atoms with Gasteiger partial charge in [0, 0.05) is 26.2 Å². The molecule has 1 aromatic rings. The Bertz CT molecular complexity index is 582. The van der Waals surface area contributed by atoms with Gasteiger partial charge in [-0.25, -0.2) is 13.6 Å². The molecule has 0 bridgehead atoms. The molecule has 0 radical (unpaired) electrons. The average Bonchev–Trinajstić information content (AvgIpc) is 2.45. The maximum Gasteiger partial charge on any atom is 0.241 e. The Hall–Kier alpha value is -1.64. The van der Waals surface area contributed by atoms with Crippen LogP contribution in [-0.2, 0) is 14.8 Å². The second kappa shape index (κ2) is 6.21. The van der Waals surface area contributed by atoms with Gasteiger partial charge in [-0.15, -0.1) is 0 Å². The third-order valence-corrected chi connectivity index (χ3v) is 4.06. The molecular weight excluding hydrogens is 280 g/mol. The number of nitrogens with zero attached hydrogens (tertiary/aromatic N) is 1. The number of amides is 1. The van der Waals surface area contributed by atoms with E-state index < -0.39 is 10.0 Å². The quantitative estimate of drug-likeness (QED) is 0.673. The van der Waals surface area contributed by atoms with E-state index in [4.69, 9.17) is 5.14 Å². The lowest BCUT2D eigenvalue weighted by Gasteiger charge is -2.27. The minimum absolute atomic E-state index is 0.00638. The normalized spacial score (nSPS) is 15.9. The summed E-state index contributed by atoms with van der Waals surface area (Å²) in [5.41, 5.74) is 0.346. The summed E-state index contributed by atoms with van der Waals surface area (Å²) in [5, 5.41) is 11.1. The fourth-order valence-corrected chi connectivity index (χ4v) is 2.77. The lowest BCUT2D eigenvalue weighted by atomic mass is 10.3. The molecule has 1 aliphatic heterocycles. The Morgan fingerprint density at radius 1 is 1.30 bits per heavy atom. The number of benzene rings is 1. The Labute approximate surface area is 118 Å². The average molecular weight is 298 g/mol. The lowest BCUT2D eigenvalue weighted by Crippen LogP contribution is -2.48. The molecule has 0 aromatic heterocycles. The zero-order valence-corrected chi connectivity index (χ0v) is 11.8. The van der Waals surface area contributed by atoms with Crippen molar-refractivity contribution in [2.75, 3.05) is 38.0 Å². The number of nitrogens with two attached hydrogens (primary N) is 1.